The van der Waals surface area contributed by atoms with E-state index in [1.165, 1.54) is 12.8 Å². The van der Waals surface area contributed by atoms with E-state index in [9.17, 15) is 0 Å². The molecule has 1 aliphatic rings. The van der Waals surface area contributed by atoms with Gasteiger partial charge in [0.05, 0.1) is 11.6 Å². The molecule has 94 valence electrons. The molecule has 1 saturated carbocycles. The van der Waals surface area contributed by atoms with Crippen LogP contribution in [0.25, 0.3) is 0 Å². The Morgan fingerprint density at radius 1 is 1.35 bits per heavy atom. The minimum atomic E-state index is 0.625. The topological polar surface area (TPSA) is 30.5 Å². The minimum absolute atomic E-state index is 0.625. The summed E-state index contributed by atoms with van der Waals surface area (Å²) in [6.45, 7) is 1.33. The first kappa shape index (κ1) is 12.5. The van der Waals surface area contributed by atoms with Crippen LogP contribution in [-0.4, -0.2) is 26.4 Å². The van der Waals surface area contributed by atoms with E-state index >= 15 is 0 Å². The average molecular weight is 256 g/mol. The Bertz CT molecular complexity index is 366. The van der Waals surface area contributed by atoms with Crippen LogP contribution in [0.4, 0.5) is 5.69 Å². The molecule has 1 fully saturated rings. The zero-order valence-corrected chi connectivity index (χ0v) is 10.8. The van der Waals surface area contributed by atoms with Gasteiger partial charge in [-0.15, -0.1) is 0 Å². The molecule has 0 aromatic heterocycles. The van der Waals surface area contributed by atoms with Crippen molar-refractivity contribution in [1.29, 1.82) is 0 Å². The van der Waals surface area contributed by atoms with E-state index in [1.54, 1.807) is 7.11 Å². The maximum Gasteiger partial charge on any atom is 0.139 e. The number of anilines is 1. The molecular weight excluding hydrogens is 238 g/mol. The number of rotatable bonds is 7. The molecule has 0 aliphatic heterocycles. The van der Waals surface area contributed by atoms with Crippen molar-refractivity contribution in [2.75, 3.05) is 25.6 Å². The minimum Gasteiger partial charge on any atom is -0.492 e. The maximum atomic E-state index is 6.08. The molecule has 1 aliphatic carbocycles. The Balaban J connectivity index is 1.89. The average Bonchev–Trinajstić information content (AvgIpc) is 3.12. The van der Waals surface area contributed by atoms with Gasteiger partial charge in [-0.05, 0) is 25.0 Å². The summed E-state index contributed by atoms with van der Waals surface area (Å²) >= 11 is 6.08. The highest BCUT2D eigenvalue weighted by atomic mass is 35.5. The van der Waals surface area contributed by atoms with Gasteiger partial charge in [0.1, 0.15) is 5.75 Å². The third-order valence-corrected chi connectivity index (χ3v) is 2.94. The van der Waals surface area contributed by atoms with Gasteiger partial charge in [0.2, 0.25) is 0 Å². The molecule has 4 heteroatoms. The van der Waals surface area contributed by atoms with Gasteiger partial charge in [-0.3, -0.25) is 0 Å². The van der Waals surface area contributed by atoms with Crippen molar-refractivity contribution in [3.63, 3.8) is 0 Å². The van der Waals surface area contributed by atoms with E-state index < -0.39 is 0 Å². The van der Waals surface area contributed by atoms with Gasteiger partial charge in [-0.1, -0.05) is 11.6 Å². The summed E-state index contributed by atoms with van der Waals surface area (Å²) in [7, 11) is 1.69. The van der Waals surface area contributed by atoms with Crippen LogP contribution in [0.2, 0.25) is 5.02 Å². The summed E-state index contributed by atoms with van der Waals surface area (Å²) in [5.74, 6) is 0.744. The number of benzene rings is 1. The Labute approximate surface area is 107 Å². The second-order valence-corrected chi connectivity index (χ2v) is 4.67. The summed E-state index contributed by atoms with van der Waals surface area (Å²) in [4.78, 5) is 0. The van der Waals surface area contributed by atoms with Crippen molar-refractivity contribution >= 4 is 17.3 Å². The Kier molecular flexibility index (Phi) is 4.51. The summed E-state index contributed by atoms with van der Waals surface area (Å²) in [6.07, 6.45) is 3.38. The van der Waals surface area contributed by atoms with Crippen LogP contribution >= 0.6 is 11.6 Å². The molecule has 0 unspecified atom stereocenters. The van der Waals surface area contributed by atoms with Gasteiger partial charge in [-0.2, -0.15) is 0 Å². The normalized spacial score (nSPS) is 14.7. The summed E-state index contributed by atoms with van der Waals surface area (Å²) in [5, 5.41) is 4.08. The molecule has 0 radical (unpaired) electrons. The molecule has 3 nitrogen and oxygen atoms in total. The van der Waals surface area contributed by atoms with Gasteiger partial charge < -0.3 is 14.8 Å². The lowest BCUT2D eigenvalue weighted by molar-refractivity contribution is 0.172. The fraction of sp³-hybridized carbons (Fsp3) is 0.538. The maximum absolute atomic E-state index is 6.08. The molecule has 0 amide bonds. The quantitative estimate of drug-likeness (QED) is 0.758. The summed E-state index contributed by atoms with van der Waals surface area (Å²) in [5.41, 5.74) is 1.08. The van der Waals surface area contributed by atoms with Crippen LogP contribution in [0.1, 0.15) is 19.3 Å². The Hall–Kier alpha value is -0.930. The van der Waals surface area contributed by atoms with E-state index in [4.69, 9.17) is 21.1 Å². The van der Waals surface area contributed by atoms with Crippen molar-refractivity contribution in [3.8, 4) is 5.75 Å². The zero-order chi connectivity index (χ0) is 12.1. The van der Waals surface area contributed by atoms with E-state index in [2.05, 4.69) is 5.32 Å². The monoisotopic (exact) mass is 255 g/mol. The number of hydrogen-bond donors (Lipinski definition) is 1. The zero-order valence-electron chi connectivity index (χ0n) is 10.0. The predicted octanol–water partition coefficient (Wildman–Crippen LogP) is 3.33. The fourth-order valence-electron chi connectivity index (χ4n) is 1.55. The van der Waals surface area contributed by atoms with Crippen molar-refractivity contribution in [1.82, 2.24) is 0 Å². The summed E-state index contributed by atoms with van der Waals surface area (Å²) < 4.78 is 10.6. The Morgan fingerprint density at radius 3 is 2.88 bits per heavy atom. The first-order chi connectivity index (χ1) is 8.29. The van der Waals surface area contributed by atoms with Gasteiger partial charge in [-0.25, -0.2) is 0 Å². The number of nitrogens with one attached hydrogen (secondary N) is 1. The molecule has 0 bridgehead atoms. The second-order valence-electron chi connectivity index (χ2n) is 4.26. The number of hydrogen-bond acceptors (Lipinski definition) is 3. The van der Waals surface area contributed by atoms with E-state index in [1.807, 2.05) is 18.2 Å². The van der Waals surface area contributed by atoms with E-state index in [0.717, 1.165) is 17.9 Å². The SMILES string of the molecule is COCCCOc1cc(NC2CC2)ccc1Cl. The smallest absolute Gasteiger partial charge is 0.139 e. The van der Waals surface area contributed by atoms with Crippen LogP contribution in [0, 0.1) is 0 Å². The number of methoxy groups -OCH3 is 1. The van der Waals surface area contributed by atoms with E-state index in [-0.39, 0.29) is 0 Å². The van der Waals surface area contributed by atoms with Crippen LogP contribution in [-0.2, 0) is 4.74 Å². The molecule has 0 atom stereocenters. The van der Waals surface area contributed by atoms with Gasteiger partial charge in [0, 0.05) is 37.9 Å². The van der Waals surface area contributed by atoms with Crippen molar-refractivity contribution in [2.24, 2.45) is 0 Å². The molecular formula is C13H18ClNO2. The number of ether oxygens (including phenoxy) is 2. The largest absolute Gasteiger partial charge is 0.492 e. The molecule has 1 aromatic rings. The second kappa shape index (κ2) is 6.12. The molecule has 1 N–H and O–H groups in total. The lowest BCUT2D eigenvalue weighted by Gasteiger charge is -2.11. The van der Waals surface area contributed by atoms with Crippen LogP contribution in [0.15, 0.2) is 18.2 Å². The highest BCUT2D eigenvalue weighted by molar-refractivity contribution is 6.32. The molecule has 0 heterocycles. The third-order valence-electron chi connectivity index (χ3n) is 2.63. The van der Waals surface area contributed by atoms with E-state index in [0.29, 0.717) is 24.3 Å². The molecule has 1 aromatic carbocycles. The standard InChI is InChI=1S/C13H18ClNO2/c1-16-7-2-8-17-13-9-11(5-6-12(13)14)15-10-3-4-10/h5-6,9-10,15H,2-4,7-8H2,1H3. The van der Waals surface area contributed by atoms with Crippen LogP contribution in [0.5, 0.6) is 5.75 Å². The summed E-state index contributed by atoms with van der Waals surface area (Å²) in [6, 6.07) is 6.46. The van der Waals surface area contributed by atoms with Crippen molar-refractivity contribution in [2.45, 2.75) is 25.3 Å². The lowest BCUT2D eigenvalue weighted by atomic mass is 10.3. The van der Waals surface area contributed by atoms with Gasteiger partial charge in [0.25, 0.3) is 0 Å². The molecule has 2 rings (SSSR count). The number of halogens is 1. The van der Waals surface area contributed by atoms with Crippen LogP contribution < -0.4 is 10.1 Å². The molecule has 0 spiro atoms. The third kappa shape index (κ3) is 4.10. The van der Waals surface area contributed by atoms with Gasteiger partial charge in [0.15, 0.2) is 0 Å². The highest BCUT2D eigenvalue weighted by Gasteiger charge is 2.20. The van der Waals surface area contributed by atoms with Crippen molar-refractivity contribution in [3.05, 3.63) is 23.2 Å². The van der Waals surface area contributed by atoms with Crippen LogP contribution in [0.3, 0.4) is 0 Å². The van der Waals surface area contributed by atoms with Crippen molar-refractivity contribution < 1.29 is 9.47 Å². The van der Waals surface area contributed by atoms with Gasteiger partial charge >= 0.3 is 0 Å². The lowest BCUT2D eigenvalue weighted by Crippen LogP contribution is -2.04. The molecule has 0 saturated heterocycles. The molecule has 17 heavy (non-hydrogen) atoms. The first-order valence-corrected chi connectivity index (χ1v) is 6.35. The first-order valence-electron chi connectivity index (χ1n) is 5.97. The Morgan fingerprint density at radius 2 is 2.18 bits per heavy atom. The highest BCUT2D eigenvalue weighted by Crippen LogP contribution is 2.31. The fourth-order valence-corrected chi connectivity index (χ4v) is 1.72. The predicted molar refractivity (Wildman–Crippen MR) is 70.1 cm³/mol.